The maximum absolute atomic E-state index is 12.4. The zero-order chi connectivity index (χ0) is 15.4. The molecule has 0 spiro atoms. The number of piperidine rings is 1. The number of tetrazole rings is 1. The average molecular weight is 300 g/mol. The quantitative estimate of drug-likeness (QED) is 0.871. The SMILES string of the molecule is CC1(CNC(=O)c2cccc(-n3cnnn3)c2)CCNCC1. The Balaban J connectivity index is 1.66. The molecule has 0 saturated carbocycles. The van der Waals surface area contributed by atoms with Crippen LogP contribution in [0.5, 0.6) is 0 Å². The molecule has 0 bridgehead atoms. The summed E-state index contributed by atoms with van der Waals surface area (Å²) < 4.78 is 1.53. The maximum atomic E-state index is 12.4. The molecule has 0 unspecified atom stereocenters. The summed E-state index contributed by atoms with van der Waals surface area (Å²) in [6.45, 7) is 4.95. The van der Waals surface area contributed by atoms with Crippen molar-refractivity contribution in [3.63, 3.8) is 0 Å². The van der Waals surface area contributed by atoms with Crippen LogP contribution in [0, 0.1) is 5.41 Å². The highest BCUT2D eigenvalue weighted by molar-refractivity contribution is 5.94. The number of benzene rings is 1. The fourth-order valence-electron chi connectivity index (χ4n) is 2.67. The van der Waals surface area contributed by atoms with Gasteiger partial charge in [-0.05, 0) is 60.0 Å². The molecule has 1 amide bonds. The fraction of sp³-hybridized carbons (Fsp3) is 0.467. The second-order valence-electron chi connectivity index (χ2n) is 6.05. The van der Waals surface area contributed by atoms with E-state index in [4.69, 9.17) is 0 Å². The van der Waals surface area contributed by atoms with E-state index in [2.05, 4.69) is 33.1 Å². The molecule has 1 aliphatic rings. The van der Waals surface area contributed by atoms with Gasteiger partial charge in [0.25, 0.3) is 5.91 Å². The third-order valence-corrected chi connectivity index (χ3v) is 4.21. The maximum Gasteiger partial charge on any atom is 0.251 e. The number of aromatic nitrogens is 4. The molecule has 7 heteroatoms. The van der Waals surface area contributed by atoms with Crippen LogP contribution in [-0.4, -0.2) is 45.7 Å². The Kier molecular flexibility index (Phi) is 4.15. The predicted octanol–water partition coefficient (Wildman–Crippen LogP) is 0.782. The molecule has 2 aromatic rings. The number of hydrogen-bond acceptors (Lipinski definition) is 5. The van der Waals surface area contributed by atoms with Gasteiger partial charge in [0.15, 0.2) is 0 Å². The first-order valence-electron chi connectivity index (χ1n) is 7.49. The van der Waals surface area contributed by atoms with Crippen LogP contribution in [0.1, 0.15) is 30.1 Å². The van der Waals surface area contributed by atoms with Crippen LogP contribution in [0.25, 0.3) is 5.69 Å². The Morgan fingerprint density at radius 1 is 1.41 bits per heavy atom. The number of nitrogens with one attached hydrogen (secondary N) is 2. The van der Waals surface area contributed by atoms with Gasteiger partial charge >= 0.3 is 0 Å². The van der Waals surface area contributed by atoms with Crippen molar-refractivity contribution in [3.05, 3.63) is 36.2 Å². The Morgan fingerprint density at radius 3 is 2.95 bits per heavy atom. The summed E-state index contributed by atoms with van der Waals surface area (Å²) in [5, 5.41) is 17.4. The van der Waals surface area contributed by atoms with E-state index in [-0.39, 0.29) is 11.3 Å². The van der Waals surface area contributed by atoms with Crippen LogP contribution < -0.4 is 10.6 Å². The van der Waals surface area contributed by atoms with Gasteiger partial charge in [-0.15, -0.1) is 5.10 Å². The molecule has 1 aromatic carbocycles. The van der Waals surface area contributed by atoms with E-state index in [9.17, 15) is 4.79 Å². The Bertz CT molecular complexity index is 633. The summed E-state index contributed by atoms with van der Waals surface area (Å²) in [6, 6.07) is 7.28. The lowest BCUT2D eigenvalue weighted by molar-refractivity contribution is 0.0922. The van der Waals surface area contributed by atoms with E-state index < -0.39 is 0 Å². The number of carbonyl (C=O) groups is 1. The van der Waals surface area contributed by atoms with E-state index in [1.54, 1.807) is 12.1 Å². The van der Waals surface area contributed by atoms with Gasteiger partial charge in [0.2, 0.25) is 0 Å². The summed E-state index contributed by atoms with van der Waals surface area (Å²) >= 11 is 0. The van der Waals surface area contributed by atoms with Gasteiger partial charge in [-0.2, -0.15) is 0 Å². The minimum atomic E-state index is -0.0605. The molecule has 1 saturated heterocycles. The normalized spacial score (nSPS) is 17.1. The van der Waals surface area contributed by atoms with Gasteiger partial charge in [0, 0.05) is 12.1 Å². The van der Waals surface area contributed by atoms with Crippen LogP contribution in [-0.2, 0) is 0 Å². The lowest BCUT2D eigenvalue weighted by atomic mass is 9.81. The Labute approximate surface area is 129 Å². The number of carbonyl (C=O) groups excluding carboxylic acids is 1. The molecule has 1 fully saturated rings. The van der Waals surface area contributed by atoms with Crippen LogP contribution in [0.4, 0.5) is 0 Å². The van der Waals surface area contributed by atoms with Crippen molar-refractivity contribution in [1.82, 2.24) is 30.8 Å². The van der Waals surface area contributed by atoms with E-state index in [0.29, 0.717) is 12.1 Å². The fourth-order valence-corrected chi connectivity index (χ4v) is 2.67. The molecule has 1 aromatic heterocycles. The van der Waals surface area contributed by atoms with Crippen molar-refractivity contribution in [2.24, 2.45) is 5.41 Å². The first kappa shape index (κ1) is 14.6. The summed E-state index contributed by atoms with van der Waals surface area (Å²) in [6.07, 6.45) is 3.67. The van der Waals surface area contributed by atoms with Crippen molar-refractivity contribution < 1.29 is 4.79 Å². The van der Waals surface area contributed by atoms with Gasteiger partial charge in [-0.3, -0.25) is 4.79 Å². The second kappa shape index (κ2) is 6.23. The van der Waals surface area contributed by atoms with E-state index in [1.807, 2.05) is 12.1 Å². The highest BCUT2D eigenvalue weighted by atomic mass is 16.1. The summed E-state index contributed by atoms with van der Waals surface area (Å²) in [5.41, 5.74) is 1.56. The molecule has 2 N–H and O–H groups in total. The molecule has 0 radical (unpaired) electrons. The van der Waals surface area contributed by atoms with Crippen molar-refractivity contribution >= 4 is 5.91 Å². The topological polar surface area (TPSA) is 84.7 Å². The molecule has 0 atom stereocenters. The average Bonchev–Trinajstić information content (AvgIpc) is 3.08. The molecular weight excluding hydrogens is 280 g/mol. The lowest BCUT2D eigenvalue weighted by Gasteiger charge is -2.34. The van der Waals surface area contributed by atoms with E-state index >= 15 is 0 Å². The van der Waals surface area contributed by atoms with Gasteiger partial charge in [-0.1, -0.05) is 13.0 Å². The molecule has 116 valence electrons. The van der Waals surface area contributed by atoms with Crippen LogP contribution in [0.2, 0.25) is 0 Å². The molecule has 1 aliphatic heterocycles. The van der Waals surface area contributed by atoms with Crippen molar-refractivity contribution in [1.29, 1.82) is 0 Å². The third kappa shape index (κ3) is 3.30. The van der Waals surface area contributed by atoms with Crippen molar-refractivity contribution in [2.45, 2.75) is 19.8 Å². The number of amides is 1. The Morgan fingerprint density at radius 2 is 2.23 bits per heavy atom. The largest absolute Gasteiger partial charge is 0.351 e. The zero-order valence-electron chi connectivity index (χ0n) is 12.6. The third-order valence-electron chi connectivity index (χ3n) is 4.21. The number of rotatable bonds is 4. The number of nitrogens with zero attached hydrogens (tertiary/aromatic N) is 4. The van der Waals surface area contributed by atoms with Gasteiger partial charge in [-0.25, -0.2) is 4.68 Å². The minimum absolute atomic E-state index is 0.0605. The highest BCUT2D eigenvalue weighted by Gasteiger charge is 2.27. The summed E-state index contributed by atoms with van der Waals surface area (Å²) in [5.74, 6) is -0.0605. The van der Waals surface area contributed by atoms with Crippen molar-refractivity contribution in [2.75, 3.05) is 19.6 Å². The van der Waals surface area contributed by atoms with Gasteiger partial charge in [0.1, 0.15) is 6.33 Å². The minimum Gasteiger partial charge on any atom is -0.351 e. The molecule has 2 heterocycles. The standard InChI is InChI=1S/C15H20N6O/c1-15(5-7-16-8-6-15)10-17-14(22)12-3-2-4-13(9-12)21-11-18-19-20-21/h2-4,9,11,16H,5-8,10H2,1H3,(H,17,22). The highest BCUT2D eigenvalue weighted by Crippen LogP contribution is 2.26. The van der Waals surface area contributed by atoms with Crippen LogP contribution >= 0.6 is 0 Å². The predicted molar refractivity (Wildman–Crippen MR) is 81.7 cm³/mol. The summed E-state index contributed by atoms with van der Waals surface area (Å²) in [4.78, 5) is 12.4. The lowest BCUT2D eigenvalue weighted by Crippen LogP contribution is -2.42. The molecular formula is C15H20N6O. The van der Waals surface area contributed by atoms with E-state index in [1.165, 1.54) is 11.0 Å². The molecule has 3 rings (SSSR count). The Hall–Kier alpha value is -2.28. The van der Waals surface area contributed by atoms with Gasteiger partial charge in [0.05, 0.1) is 5.69 Å². The van der Waals surface area contributed by atoms with Crippen molar-refractivity contribution in [3.8, 4) is 5.69 Å². The van der Waals surface area contributed by atoms with Crippen LogP contribution in [0.3, 0.4) is 0 Å². The monoisotopic (exact) mass is 300 g/mol. The summed E-state index contributed by atoms with van der Waals surface area (Å²) in [7, 11) is 0. The van der Waals surface area contributed by atoms with Gasteiger partial charge < -0.3 is 10.6 Å². The first-order chi connectivity index (χ1) is 10.7. The molecule has 22 heavy (non-hydrogen) atoms. The first-order valence-corrected chi connectivity index (χ1v) is 7.49. The zero-order valence-corrected chi connectivity index (χ0v) is 12.6. The smallest absolute Gasteiger partial charge is 0.251 e. The van der Waals surface area contributed by atoms with E-state index in [0.717, 1.165) is 31.6 Å². The van der Waals surface area contributed by atoms with Crippen LogP contribution in [0.15, 0.2) is 30.6 Å². The number of hydrogen-bond donors (Lipinski definition) is 2. The molecule has 7 nitrogen and oxygen atoms in total. The second-order valence-corrected chi connectivity index (χ2v) is 6.05. The molecule has 0 aliphatic carbocycles.